The second-order valence-electron chi connectivity index (χ2n) is 5.32. The Morgan fingerprint density at radius 2 is 2.04 bits per heavy atom. The zero-order chi connectivity index (χ0) is 18.4. The lowest BCUT2D eigenvalue weighted by Crippen LogP contribution is -2.21. The molecule has 7 nitrogen and oxygen atoms in total. The SMILES string of the molecule is CC(N)CCNc1nc(Nc2ccc(C#N)nc2)ncc1C(F)(F)F. The Kier molecular flexibility index (Phi) is 5.71. The van der Waals surface area contributed by atoms with Crippen molar-refractivity contribution in [2.75, 3.05) is 17.2 Å². The maximum absolute atomic E-state index is 13.1. The van der Waals surface area contributed by atoms with Gasteiger partial charge in [0.05, 0.1) is 11.9 Å². The molecule has 10 heteroatoms. The lowest BCUT2D eigenvalue weighted by molar-refractivity contribution is -0.137. The van der Waals surface area contributed by atoms with Gasteiger partial charge >= 0.3 is 6.18 Å². The third-order valence-electron chi connectivity index (χ3n) is 3.12. The highest BCUT2D eigenvalue weighted by Crippen LogP contribution is 2.34. The van der Waals surface area contributed by atoms with Crippen LogP contribution in [0.5, 0.6) is 0 Å². The topological polar surface area (TPSA) is 113 Å². The minimum absolute atomic E-state index is 0.0252. The molecular formula is C15H16F3N7. The fourth-order valence-electron chi connectivity index (χ4n) is 1.87. The van der Waals surface area contributed by atoms with Crippen LogP contribution in [0.4, 0.5) is 30.6 Å². The summed E-state index contributed by atoms with van der Waals surface area (Å²) in [6.07, 6.45) is -2.02. The normalized spacial score (nSPS) is 12.3. The number of nitrogens with two attached hydrogens (primary N) is 1. The lowest BCUT2D eigenvalue weighted by Gasteiger charge is -2.15. The van der Waals surface area contributed by atoms with Crippen molar-refractivity contribution >= 4 is 17.5 Å². The molecule has 0 bridgehead atoms. The second kappa shape index (κ2) is 7.76. The van der Waals surface area contributed by atoms with Gasteiger partial charge in [-0.3, -0.25) is 0 Å². The van der Waals surface area contributed by atoms with Crippen molar-refractivity contribution in [2.24, 2.45) is 5.73 Å². The van der Waals surface area contributed by atoms with Gasteiger partial charge in [-0.15, -0.1) is 0 Å². The van der Waals surface area contributed by atoms with Gasteiger partial charge < -0.3 is 16.4 Å². The standard InChI is InChI=1S/C15H16F3N7/c1-9(20)4-5-21-13-12(15(16,17)18)8-23-14(25-13)24-11-3-2-10(6-19)22-7-11/h2-3,7-9H,4-5,20H2,1H3,(H2,21,23,24,25). The molecule has 0 aromatic carbocycles. The van der Waals surface area contributed by atoms with Gasteiger partial charge in [-0.25, -0.2) is 9.97 Å². The number of halogens is 3. The van der Waals surface area contributed by atoms with Crippen molar-refractivity contribution in [3.8, 4) is 6.07 Å². The van der Waals surface area contributed by atoms with Crippen molar-refractivity contribution in [3.05, 3.63) is 35.8 Å². The van der Waals surface area contributed by atoms with Gasteiger partial charge in [0, 0.05) is 18.8 Å². The molecule has 2 aromatic heterocycles. The van der Waals surface area contributed by atoms with Gasteiger partial charge in [0.25, 0.3) is 0 Å². The van der Waals surface area contributed by atoms with Crippen LogP contribution in [0.25, 0.3) is 0 Å². The number of hydrogen-bond acceptors (Lipinski definition) is 7. The van der Waals surface area contributed by atoms with Crippen molar-refractivity contribution in [1.82, 2.24) is 15.0 Å². The summed E-state index contributed by atoms with van der Waals surface area (Å²) in [5.41, 5.74) is 5.31. The Balaban J connectivity index is 2.22. The number of hydrogen-bond donors (Lipinski definition) is 3. The number of pyridine rings is 1. The van der Waals surface area contributed by atoms with Crippen LogP contribution in [0.15, 0.2) is 24.5 Å². The molecule has 4 N–H and O–H groups in total. The number of nitrogens with one attached hydrogen (secondary N) is 2. The predicted octanol–water partition coefficient (Wildman–Crippen LogP) is 2.65. The summed E-state index contributed by atoms with van der Waals surface area (Å²) < 4.78 is 39.2. The number of anilines is 3. The van der Waals surface area contributed by atoms with Crippen LogP contribution >= 0.6 is 0 Å². The summed E-state index contributed by atoms with van der Waals surface area (Å²) in [4.78, 5) is 11.4. The number of nitrogens with zero attached hydrogens (tertiary/aromatic N) is 4. The van der Waals surface area contributed by atoms with E-state index >= 15 is 0 Å². The summed E-state index contributed by atoms with van der Waals surface area (Å²) in [7, 11) is 0. The Bertz CT molecular complexity index is 751. The van der Waals surface area contributed by atoms with E-state index in [0.717, 1.165) is 0 Å². The number of nitriles is 1. The maximum atomic E-state index is 13.1. The molecule has 1 atom stereocenters. The van der Waals surface area contributed by atoms with E-state index in [0.29, 0.717) is 18.3 Å². The van der Waals surface area contributed by atoms with E-state index in [9.17, 15) is 13.2 Å². The molecule has 2 rings (SSSR count). The fraction of sp³-hybridized carbons (Fsp3) is 0.333. The summed E-state index contributed by atoms with van der Waals surface area (Å²) in [6, 6.07) is 4.74. The zero-order valence-electron chi connectivity index (χ0n) is 13.3. The Labute approximate surface area is 142 Å². The number of alkyl halides is 3. The fourth-order valence-corrected chi connectivity index (χ4v) is 1.87. The molecule has 0 aliphatic carbocycles. The van der Waals surface area contributed by atoms with E-state index in [-0.39, 0.29) is 30.0 Å². The third kappa shape index (κ3) is 5.29. The first-order valence-electron chi connectivity index (χ1n) is 7.36. The van der Waals surface area contributed by atoms with E-state index in [2.05, 4.69) is 25.6 Å². The summed E-state index contributed by atoms with van der Waals surface area (Å²) in [5, 5.41) is 14.1. The molecule has 0 fully saturated rings. The van der Waals surface area contributed by atoms with Crippen LogP contribution in [0, 0.1) is 11.3 Å². The molecule has 1 unspecified atom stereocenters. The first kappa shape index (κ1) is 18.4. The number of rotatable bonds is 6. The van der Waals surface area contributed by atoms with Gasteiger partial charge in [-0.05, 0) is 25.5 Å². The molecule has 2 heterocycles. The summed E-state index contributed by atoms with van der Waals surface area (Å²) >= 11 is 0. The molecule has 0 saturated heterocycles. The zero-order valence-corrected chi connectivity index (χ0v) is 13.3. The van der Waals surface area contributed by atoms with E-state index in [1.165, 1.54) is 12.3 Å². The highest BCUT2D eigenvalue weighted by Gasteiger charge is 2.35. The largest absolute Gasteiger partial charge is 0.421 e. The van der Waals surface area contributed by atoms with Crippen LogP contribution in [0.1, 0.15) is 24.6 Å². The molecular weight excluding hydrogens is 335 g/mol. The Morgan fingerprint density at radius 1 is 1.28 bits per heavy atom. The summed E-state index contributed by atoms with van der Waals surface area (Å²) in [6.45, 7) is 2.01. The first-order valence-corrected chi connectivity index (χ1v) is 7.36. The molecule has 25 heavy (non-hydrogen) atoms. The van der Waals surface area contributed by atoms with E-state index in [4.69, 9.17) is 11.0 Å². The first-order chi connectivity index (χ1) is 11.8. The van der Waals surface area contributed by atoms with Crippen LogP contribution in [0.3, 0.4) is 0 Å². The molecule has 2 aromatic rings. The molecule has 0 spiro atoms. The van der Waals surface area contributed by atoms with Gasteiger partial charge in [-0.1, -0.05) is 0 Å². The number of aromatic nitrogens is 3. The summed E-state index contributed by atoms with van der Waals surface area (Å²) in [5.74, 6) is -0.352. The van der Waals surface area contributed by atoms with E-state index in [1.807, 2.05) is 6.07 Å². The minimum atomic E-state index is -4.58. The monoisotopic (exact) mass is 351 g/mol. The van der Waals surface area contributed by atoms with Gasteiger partial charge in [0.15, 0.2) is 0 Å². The lowest BCUT2D eigenvalue weighted by atomic mass is 10.2. The quantitative estimate of drug-likeness (QED) is 0.733. The molecule has 0 amide bonds. The highest BCUT2D eigenvalue weighted by molar-refractivity contribution is 5.56. The van der Waals surface area contributed by atoms with Crippen molar-refractivity contribution in [1.29, 1.82) is 5.26 Å². The van der Waals surface area contributed by atoms with Crippen molar-refractivity contribution < 1.29 is 13.2 Å². The Morgan fingerprint density at radius 3 is 2.60 bits per heavy atom. The van der Waals surface area contributed by atoms with Crippen molar-refractivity contribution in [3.63, 3.8) is 0 Å². The predicted molar refractivity (Wildman–Crippen MR) is 86.0 cm³/mol. The average molecular weight is 351 g/mol. The second-order valence-corrected chi connectivity index (χ2v) is 5.32. The molecule has 132 valence electrons. The van der Waals surface area contributed by atoms with Crippen LogP contribution in [-0.4, -0.2) is 27.5 Å². The van der Waals surface area contributed by atoms with Crippen LogP contribution in [-0.2, 0) is 6.18 Å². The Hall–Kier alpha value is -2.93. The molecule has 0 radical (unpaired) electrons. The van der Waals surface area contributed by atoms with Crippen LogP contribution in [0.2, 0.25) is 0 Å². The maximum Gasteiger partial charge on any atom is 0.421 e. The molecule has 0 saturated carbocycles. The van der Waals surface area contributed by atoms with Gasteiger partial charge in [0.1, 0.15) is 23.1 Å². The molecule has 0 aliphatic rings. The van der Waals surface area contributed by atoms with Gasteiger partial charge in [0.2, 0.25) is 5.95 Å². The van der Waals surface area contributed by atoms with Crippen molar-refractivity contribution in [2.45, 2.75) is 25.6 Å². The minimum Gasteiger partial charge on any atom is -0.369 e. The third-order valence-corrected chi connectivity index (χ3v) is 3.12. The average Bonchev–Trinajstić information content (AvgIpc) is 2.54. The van der Waals surface area contributed by atoms with Gasteiger partial charge in [-0.2, -0.15) is 23.4 Å². The van der Waals surface area contributed by atoms with E-state index < -0.39 is 11.7 Å². The van der Waals surface area contributed by atoms with Crippen LogP contribution < -0.4 is 16.4 Å². The highest BCUT2D eigenvalue weighted by atomic mass is 19.4. The van der Waals surface area contributed by atoms with E-state index in [1.54, 1.807) is 13.0 Å². The molecule has 0 aliphatic heterocycles. The smallest absolute Gasteiger partial charge is 0.369 e.